The van der Waals surface area contributed by atoms with Crippen LogP contribution in [0.15, 0.2) is 35.2 Å². The molecule has 0 aromatic carbocycles. The molecule has 0 aliphatic carbocycles. The average Bonchev–Trinajstić information content (AvgIpc) is 2.18. The first-order valence-corrected chi connectivity index (χ1v) is 5.03. The second-order valence-corrected chi connectivity index (χ2v) is 3.77. The van der Waals surface area contributed by atoms with Crippen LogP contribution in [0.1, 0.15) is 0 Å². The summed E-state index contributed by atoms with van der Waals surface area (Å²) in [4.78, 5) is 12.2. The van der Waals surface area contributed by atoms with Gasteiger partial charge in [0.25, 0.3) is 0 Å². The van der Waals surface area contributed by atoms with E-state index in [1.54, 1.807) is 12.1 Å². The maximum absolute atomic E-state index is 5.77. The van der Waals surface area contributed by atoms with E-state index in [-0.39, 0.29) is 0 Å². The fourth-order valence-corrected chi connectivity index (χ4v) is 1.50. The van der Waals surface area contributed by atoms with E-state index in [0.717, 1.165) is 16.0 Å². The topological polar surface area (TPSA) is 38.7 Å². The summed E-state index contributed by atoms with van der Waals surface area (Å²) in [6.45, 7) is 0. The maximum Gasteiger partial charge on any atom is 0.129 e. The minimum Gasteiger partial charge on any atom is -0.235 e. The summed E-state index contributed by atoms with van der Waals surface area (Å²) >= 11 is 9.03. The predicted molar refractivity (Wildman–Crippen MR) is 58.0 cm³/mol. The summed E-state index contributed by atoms with van der Waals surface area (Å²) in [6, 6.07) is 7.20. The molecule has 3 nitrogen and oxygen atoms in total. The Morgan fingerprint density at radius 3 is 2.71 bits per heavy atom. The van der Waals surface area contributed by atoms with Crippen LogP contribution >= 0.6 is 27.5 Å². The second-order valence-electron chi connectivity index (χ2n) is 2.57. The lowest BCUT2D eigenvalue weighted by Crippen LogP contribution is -1.88. The highest BCUT2D eigenvalue weighted by Gasteiger charge is 2.01. The van der Waals surface area contributed by atoms with Crippen LogP contribution in [0.3, 0.4) is 0 Å². The van der Waals surface area contributed by atoms with Gasteiger partial charge in [0.15, 0.2) is 0 Å². The molecule has 14 heavy (non-hydrogen) atoms. The largest absolute Gasteiger partial charge is 0.235 e. The van der Waals surface area contributed by atoms with E-state index in [0.29, 0.717) is 5.15 Å². The van der Waals surface area contributed by atoms with Crippen molar-refractivity contribution < 1.29 is 0 Å². The van der Waals surface area contributed by atoms with Crippen LogP contribution in [0.2, 0.25) is 5.15 Å². The lowest BCUT2D eigenvalue weighted by atomic mass is 10.3. The molecule has 0 unspecified atom stereocenters. The van der Waals surface area contributed by atoms with Crippen LogP contribution in [0, 0.1) is 0 Å². The van der Waals surface area contributed by atoms with Gasteiger partial charge in [-0.25, -0.2) is 15.0 Å². The maximum atomic E-state index is 5.77. The molecule has 0 amide bonds. The van der Waals surface area contributed by atoms with Crippen molar-refractivity contribution in [2.75, 3.05) is 0 Å². The summed E-state index contributed by atoms with van der Waals surface area (Å²) in [7, 11) is 0. The Bertz CT molecular complexity index is 418. The van der Waals surface area contributed by atoms with E-state index in [9.17, 15) is 0 Å². The molecule has 0 N–H and O–H groups in total. The van der Waals surface area contributed by atoms with Crippen molar-refractivity contribution in [3.63, 3.8) is 0 Å². The molecule has 0 aliphatic heterocycles. The SMILES string of the molecule is Clc1cccc(-c2cc(Br)ncn2)n1. The lowest BCUT2D eigenvalue weighted by Gasteiger charge is -1.99. The standard InChI is InChI=1S/C9H5BrClN3/c10-8-4-7(12-5-13-8)6-2-1-3-9(11)14-6/h1-5H. The summed E-state index contributed by atoms with van der Waals surface area (Å²) < 4.78 is 0.726. The van der Waals surface area contributed by atoms with Gasteiger partial charge in [-0.05, 0) is 34.1 Å². The molecule has 5 heteroatoms. The van der Waals surface area contributed by atoms with Gasteiger partial charge in [-0.3, -0.25) is 0 Å². The highest BCUT2D eigenvalue weighted by Crippen LogP contribution is 2.18. The molecule has 2 aromatic rings. The zero-order chi connectivity index (χ0) is 9.97. The van der Waals surface area contributed by atoms with E-state index < -0.39 is 0 Å². The Balaban J connectivity index is 2.49. The third-order valence-corrected chi connectivity index (χ3v) is 2.26. The Kier molecular flexibility index (Phi) is 2.74. The monoisotopic (exact) mass is 269 g/mol. The third kappa shape index (κ3) is 2.08. The Hall–Kier alpha value is -1.00. The molecule has 0 radical (unpaired) electrons. The highest BCUT2D eigenvalue weighted by molar-refractivity contribution is 9.10. The fourth-order valence-electron chi connectivity index (χ4n) is 1.02. The Labute approximate surface area is 94.3 Å². The molecule has 0 bridgehead atoms. The van der Waals surface area contributed by atoms with Crippen molar-refractivity contribution in [1.29, 1.82) is 0 Å². The van der Waals surface area contributed by atoms with Crippen molar-refractivity contribution in [2.45, 2.75) is 0 Å². The Morgan fingerprint density at radius 1 is 1.14 bits per heavy atom. The number of hydrogen-bond acceptors (Lipinski definition) is 3. The minimum absolute atomic E-state index is 0.456. The molecule has 2 rings (SSSR count). The molecule has 70 valence electrons. The predicted octanol–water partition coefficient (Wildman–Crippen LogP) is 2.95. The number of aromatic nitrogens is 3. The van der Waals surface area contributed by atoms with E-state index in [1.165, 1.54) is 6.33 Å². The normalized spacial score (nSPS) is 10.1. The van der Waals surface area contributed by atoms with Crippen LogP contribution in [-0.2, 0) is 0 Å². The van der Waals surface area contributed by atoms with Gasteiger partial charge in [0.05, 0.1) is 11.4 Å². The van der Waals surface area contributed by atoms with Crippen molar-refractivity contribution in [1.82, 2.24) is 15.0 Å². The second kappa shape index (κ2) is 4.02. The van der Waals surface area contributed by atoms with Gasteiger partial charge in [-0.1, -0.05) is 17.7 Å². The molecular formula is C9H5BrClN3. The van der Waals surface area contributed by atoms with Crippen LogP contribution in [-0.4, -0.2) is 15.0 Å². The molecule has 0 saturated carbocycles. The minimum atomic E-state index is 0.456. The third-order valence-electron chi connectivity index (χ3n) is 1.61. The molecule has 2 heterocycles. The first kappa shape index (κ1) is 9.55. The number of nitrogens with zero attached hydrogens (tertiary/aromatic N) is 3. The lowest BCUT2D eigenvalue weighted by molar-refractivity contribution is 1.13. The summed E-state index contributed by atoms with van der Waals surface area (Å²) in [5.41, 5.74) is 1.48. The molecule has 0 saturated heterocycles. The summed E-state index contributed by atoms with van der Waals surface area (Å²) in [5.74, 6) is 0. The van der Waals surface area contributed by atoms with E-state index in [1.807, 2.05) is 12.1 Å². The molecule has 0 aliphatic rings. The molecule has 0 fully saturated rings. The smallest absolute Gasteiger partial charge is 0.129 e. The van der Waals surface area contributed by atoms with Crippen molar-refractivity contribution in [2.24, 2.45) is 0 Å². The number of pyridine rings is 1. The summed E-state index contributed by atoms with van der Waals surface area (Å²) in [6.07, 6.45) is 1.47. The van der Waals surface area contributed by atoms with Crippen LogP contribution in [0.4, 0.5) is 0 Å². The zero-order valence-corrected chi connectivity index (χ0v) is 9.33. The van der Waals surface area contributed by atoms with Gasteiger partial charge < -0.3 is 0 Å². The first-order chi connectivity index (χ1) is 6.75. The first-order valence-electron chi connectivity index (χ1n) is 3.86. The zero-order valence-electron chi connectivity index (χ0n) is 6.98. The van der Waals surface area contributed by atoms with Gasteiger partial charge in [-0.2, -0.15) is 0 Å². The van der Waals surface area contributed by atoms with E-state index in [4.69, 9.17) is 11.6 Å². The van der Waals surface area contributed by atoms with E-state index in [2.05, 4.69) is 30.9 Å². The van der Waals surface area contributed by atoms with Crippen molar-refractivity contribution in [3.8, 4) is 11.4 Å². The average molecular weight is 271 g/mol. The van der Waals surface area contributed by atoms with Crippen molar-refractivity contribution in [3.05, 3.63) is 40.3 Å². The van der Waals surface area contributed by atoms with Crippen LogP contribution in [0.5, 0.6) is 0 Å². The van der Waals surface area contributed by atoms with Crippen LogP contribution < -0.4 is 0 Å². The van der Waals surface area contributed by atoms with E-state index >= 15 is 0 Å². The quantitative estimate of drug-likeness (QED) is 0.591. The van der Waals surface area contributed by atoms with Gasteiger partial charge in [0.2, 0.25) is 0 Å². The van der Waals surface area contributed by atoms with Gasteiger partial charge in [0.1, 0.15) is 16.1 Å². The van der Waals surface area contributed by atoms with Gasteiger partial charge in [-0.15, -0.1) is 0 Å². The molecular weight excluding hydrogens is 265 g/mol. The number of halogens is 2. The molecule has 2 aromatic heterocycles. The number of rotatable bonds is 1. The molecule has 0 atom stereocenters. The fraction of sp³-hybridized carbons (Fsp3) is 0. The summed E-state index contributed by atoms with van der Waals surface area (Å²) in [5, 5.41) is 0.456. The molecule has 0 spiro atoms. The van der Waals surface area contributed by atoms with Crippen LogP contribution in [0.25, 0.3) is 11.4 Å². The van der Waals surface area contributed by atoms with Crippen molar-refractivity contribution >= 4 is 27.5 Å². The Morgan fingerprint density at radius 2 is 2.00 bits per heavy atom. The number of hydrogen-bond donors (Lipinski definition) is 0. The van der Waals surface area contributed by atoms with Gasteiger partial charge in [0, 0.05) is 0 Å². The highest BCUT2D eigenvalue weighted by atomic mass is 79.9. The van der Waals surface area contributed by atoms with Gasteiger partial charge >= 0.3 is 0 Å².